The van der Waals surface area contributed by atoms with Crippen molar-refractivity contribution in [2.24, 2.45) is 0 Å². The lowest BCUT2D eigenvalue weighted by atomic mass is 9.57. The van der Waals surface area contributed by atoms with Crippen molar-refractivity contribution in [3.8, 4) is 44.5 Å². The van der Waals surface area contributed by atoms with Gasteiger partial charge in [0.25, 0.3) is 0 Å². The van der Waals surface area contributed by atoms with Gasteiger partial charge in [-0.25, -0.2) is 0 Å². The van der Waals surface area contributed by atoms with E-state index in [0.717, 1.165) is 25.7 Å². The van der Waals surface area contributed by atoms with Crippen LogP contribution < -0.4 is 4.90 Å². The summed E-state index contributed by atoms with van der Waals surface area (Å²) in [5.74, 6) is 0. The fourth-order valence-electron chi connectivity index (χ4n) is 12.0. The van der Waals surface area contributed by atoms with Crippen molar-refractivity contribution >= 4 is 17.1 Å². The molecule has 8 aromatic carbocycles. The molecule has 1 fully saturated rings. The first-order valence-electron chi connectivity index (χ1n) is 21.1. The lowest BCUT2D eigenvalue weighted by Crippen LogP contribution is -2.39. The van der Waals surface area contributed by atoms with Crippen LogP contribution in [0.4, 0.5) is 17.1 Å². The summed E-state index contributed by atoms with van der Waals surface area (Å²) in [5.41, 5.74) is 23.3. The summed E-state index contributed by atoms with van der Waals surface area (Å²) in [6.45, 7) is 4.76. The summed E-state index contributed by atoms with van der Waals surface area (Å²) in [6, 6.07) is 71.1. The van der Waals surface area contributed by atoms with E-state index in [0.29, 0.717) is 0 Å². The molecule has 0 bridgehead atoms. The zero-order valence-electron chi connectivity index (χ0n) is 33.2. The summed E-state index contributed by atoms with van der Waals surface area (Å²) in [6.07, 6.45) is 4.41. The first-order chi connectivity index (χ1) is 28.5. The van der Waals surface area contributed by atoms with Gasteiger partial charge in [-0.15, -0.1) is 0 Å². The summed E-state index contributed by atoms with van der Waals surface area (Å²) in [5, 5.41) is 0. The van der Waals surface area contributed by atoms with Crippen molar-refractivity contribution in [1.29, 1.82) is 0 Å². The van der Waals surface area contributed by atoms with E-state index in [2.05, 4.69) is 207 Å². The van der Waals surface area contributed by atoms with Crippen molar-refractivity contribution in [2.75, 3.05) is 4.90 Å². The molecule has 0 radical (unpaired) electrons. The molecule has 0 unspecified atom stereocenters. The quantitative estimate of drug-likeness (QED) is 0.173. The van der Waals surface area contributed by atoms with Crippen LogP contribution in [0.2, 0.25) is 0 Å². The van der Waals surface area contributed by atoms with Crippen LogP contribution in [0.1, 0.15) is 72.9 Å². The predicted molar refractivity (Wildman–Crippen MR) is 241 cm³/mol. The maximum atomic E-state index is 2.57. The Balaban J connectivity index is 0.990. The van der Waals surface area contributed by atoms with Crippen LogP contribution in [-0.2, 0) is 16.2 Å². The summed E-state index contributed by atoms with van der Waals surface area (Å²) in [7, 11) is 0. The predicted octanol–water partition coefficient (Wildman–Crippen LogP) is 14.9. The number of rotatable bonds is 4. The van der Waals surface area contributed by atoms with Gasteiger partial charge < -0.3 is 4.90 Å². The highest BCUT2D eigenvalue weighted by Crippen LogP contribution is 2.65. The van der Waals surface area contributed by atoms with Gasteiger partial charge in [0.1, 0.15) is 0 Å². The number of nitrogens with zero attached hydrogens (tertiary/aromatic N) is 1. The van der Waals surface area contributed by atoms with Crippen LogP contribution in [0, 0.1) is 0 Å². The van der Waals surface area contributed by atoms with Crippen LogP contribution in [0.25, 0.3) is 44.5 Å². The number of benzene rings is 8. The highest BCUT2D eigenvalue weighted by molar-refractivity contribution is 5.93. The van der Waals surface area contributed by atoms with Gasteiger partial charge in [-0.05, 0) is 140 Å². The second kappa shape index (κ2) is 12.3. The topological polar surface area (TPSA) is 3.24 Å². The third-order valence-electron chi connectivity index (χ3n) is 14.7. The first kappa shape index (κ1) is 33.7. The second-order valence-corrected chi connectivity index (χ2v) is 17.7. The normalized spacial score (nSPS) is 19.9. The van der Waals surface area contributed by atoms with Crippen LogP contribution in [0.15, 0.2) is 188 Å². The highest BCUT2D eigenvalue weighted by atomic mass is 15.1. The van der Waals surface area contributed by atoms with Crippen LogP contribution >= 0.6 is 0 Å². The minimum atomic E-state index is -0.0781. The third-order valence-corrected chi connectivity index (χ3v) is 14.7. The van der Waals surface area contributed by atoms with E-state index in [9.17, 15) is 0 Å². The molecule has 4 aliphatic rings. The van der Waals surface area contributed by atoms with E-state index < -0.39 is 0 Å². The fourth-order valence-corrected chi connectivity index (χ4v) is 12.0. The SMILES string of the molecule is CC1(C)c2ccccc2-c2ccc(N(c3ccccc3)c3ccc4c(c3)C3(CCC5(CC3)c3ccccc3-c3c(-c6ccccc6)cccc35)c3ccccc3-4)cc21. The standard InChI is InChI=1S/C57H45N/c1-55(2)48-24-12-9-20-43(48)45-30-28-40(36-52(45)55)58(39-18-7-4-8-19-39)41-29-31-46-44-21-10-13-25-49(44)57(53(46)37-41)34-32-56(33-35-57)50-26-14-11-22-47(50)54-42(23-15-27-51(54)56)38-16-5-3-6-17-38/h3-31,36-37H,32-35H2,1-2H3. The number of para-hydroxylation sites is 1. The molecule has 4 aliphatic carbocycles. The molecule has 1 heteroatoms. The molecule has 0 N–H and O–H groups in total. The average molecular weight is 744 g/mol. The van der Waals surface area contributed by atoms with E-state index in [1.54, 1.807) is 0 Å². The van der Waals surface area contributed by atoms with Gasteiger partial charge in [0, 0.05) is 33.3 Å². The molecule has 0 amide bonds. The molecule has 0 saturated heterocycles. The van der Waals surface area contributed by atoms with E-state index >= 15 is 0 Å². The Labute approximate surface area is 342 Å². The van der Waals surface area contributed by atoms with Crippen LogP contribution in [0.5, 0.6) is 0 Å². The van der Waals surface area contributed by atoms with Gasteiger partial charge in [0.05, 0.1) is 0 Å². The lowest BCUT2D eigenvalue weighted by molar-refractivity contribution is 0.265. The molecule has 0 heterocycles. The van der Waals surface area contributed by atoms with E-state index in [-0.39, 0.29) is 16.2 Å². The maximum absolute atomic E-state index is 2.57. The van der Waals surface area contributed by atoms with Crippen LogP contribution in [-0.4, -0.2) is 0 Å². The van der Waals surface area contributed by atoms with E-state index in [1.165, 1.54) is 95.0 Å². The van der Waals surface area contributed by atoms with Gasteiger partial charge in [0.15, 0.2) is 0 Å². The van der Waals surface area contributed by atoms with Gasteiger partial charge in [0.2, 0.25) is 0 Å². The van der Waals surface area contributed by atoms with E-state index in [4.69, 9.17) is 0 Å². The summed E-state index contributed by atoms with van der Waals surface area (Å²) < 4.78 is 0. The Bertz CT molecular complexity index is 2930. The molecular weight excluding hydrogens is 699 g/mol. The van der Waals surface area contributed by atoms with Crippen molar-refractivity contribution in [1.82, 2.24) is 0 Å². The summed E-state index contributed by atoms with van der Waals surface area (Å²) in [4.78, 5) is 2.50. The third kappa shape index (κ3) is 4.53. The molecule has 0 atom stereocenters. The minimum Gasteiger partial charge on any atom is -0.310 e. The van der Waals surface area contributed by atoms with Crippen molar-refractivity contribution in [2.45, 2.75) is 55.8 Å². The lowest BCUT2D eigenvalue weighted by Gasteiger charge is -2.46. The zero-order valence-corrected chi connectivity index (χ0v) is 33.2. The molecular formula is C57H45N. The Morgan fingerprint density at radius 3 is 1.45 bits per heavy atom. The van der Waals surface area contributed by atoms with Gasteiger partial charge in [-0.2, -0.15) is 0 Å². The number of hydrogen-bond acceptors (Lipinski definition) is 1. The van der Waals surface area contributed by atoms with E-state index in [1.807, 2.05) is 0 Å². The monoisotopic (exact) mass is 743 g/mol. The largest absolute Gasteiger partial charge is 0.310 e. The van der Waals surface area contributed by atoms with Crippen molar-refractivity contribution in [3.63, 3.8) is 0 Å². The molecule has 2 spiro atoms. The Morgan fingerprint density at radius 2 is 0.776 bits per heavy atom. The van der Waals surface area contributed by atoms with Gasteiger partial charge >= 0.3 is 0 Å². The fraction of sp³-hybridized carbons (Fsp3) is 0.158. The minimum absolute atomic E-state index is 0.0118. The highest BCUT2D eigenvalue weighted by Gasteiger charge is 2.53. The number of anilines is 3. The molecule has 8 aromatic rings. The van der Waals surface area contributed by atoms with Crippen molar-refractivity contribution < 1.29 is 0 Å². The molecule has 12 rings (SSSR count). The van der Waals surface area contributed by atoms with Gasteiger partial charge in [-0.1, -0.05) is 166 Å². The summed E-state index contributed by atoms with van der Waals surface area (Å²) >= 11 is 0. The zero-order chi connectivity index (χ0) is 38.6. The van der Waals surface area contributed by atoms with Crippen molar-refractivity contribution in [3.05, 3.63) is 221 Å². The number of hydrogen-bond donors (Lipinski definition) is 0. The Kier molecular flexibility index (Phi) is 7.13. The molecule has 58 heavy (non-hydrogen) atoms. The molecule has 1 saturated carbocycles. The average Bonchev–Trinajstić information content (AvgIpc) is 3.81. The Hall–Kier alpha value is -6.44. The molecule has 1 nitrogen and oxygen atoms in total. The van der Waals surface area contributed by atoms with Gasteiger partial charge in [-0.3, -0.25) is 0 Å². The number of fused-ring (bicyclic) bond motifs is 13. The van der Waals surface area contributed by atoms with Crippen LogP contribution in [0.3, 0.4) is 0 Å². The first-order valence-corrected chi connectivity index (χ1v) is 21.1. The maximum Gasteiger partial charge on any atom is 0.0465 e. The molecule has 0 aliphatic heterocycles. The second-order valence-electron chi connectivity index (χ2n) is 17.7. The Morgan fingerprint density at radius 1 is 0.328 bits per heavy atom. The smallest absolute Gasteiger partial charge is 0.0465 e. The molecule has 278 valence electrons. The molecule has 0 aromatic heterocycles.